The van der Waals surface area contributed by atoms with E-state index in [4.69, 9.17) is 4.74 Å². The highest BCUT2D eigenvalue weighted by Gasteiger charge is 2.25. The van der Waals surface area contributed by atoms with Crippen molar-refractivity contribution in [2.24, 2.45) is 0 Å². The van der Waals surface area contributed by atoms with Crippen LogP contribution in [0, 0.1) is 0 Å². The Labute approximate surface area is 134 Å². The molecule has 0 fully saturated rings. The highest BCUT2D eigenvalue weighted by atomic mass is 16.6. The van der Waals surface area contributed by atoms with Crippen LogP contribution in [0.25, 0.3) is 11.1 Å². The zero-order valence-corrected chi connectivity index (χ0v) is 12.5. The lowest BCUT2D eigenvalue weighted by Gasteiger charge is -2.28. The fraction of sp³-hybridized carbons (Fsp3) is 0.0500. The van der Waals surface area contributed by atoms with Gasteiger partial charge in [0.25, 0.3) is 0 Å². The third kappa shape index (κ3) is 2.57. The minimum atomic E-state index is -0.339. The number of carbonyl (C=O) groups is 1. The molecule has 1 aliphatic heterocycles. The zero-order valence-electron chi connectivity index (χ0n) is 12.5. The Hall–Kier alpha value is -3.07. The maximum Gasteiger partial charge on any atom is 0.420 e. The quantitative estimate of drug-likeness (QED) is 0.675. The molecule has 0 aromatic heterocycles. The number of fused-ring (bicyclic) bond motifs is 1. The van der Waals surface area contributed by atoms with E-state index in [0.717, 1.165) is 22.4 Å². The number of benzene rings is 3. The molecule has 3 heteroatoms. The number of hydrogen-bond donors (Lipinski definition) is 0. The molecule has 0 saturated carbocycles. The van der Waals surface area contributed by atoms with Crippen molar-refractivity contribution in [2.45, 2.75) is 6.54 Å². The lowest BCUT2D eigenvalue weighted by Crippen LogP contribution is -2.36. The number of para-hydroxylation sites is 1. The van der Waals surface area contributed by atoms with Gasteiger partial charge >= 0.3 is 6.09 Å². The SMILES string of the molecule is O=C1Oc2ccccc2CN1c1cccc(-c2ccccc2)c1. The predicted octanol–water partition coefficient (Wildman–Crippen LogP) is 4.87. The summed E-state index contributed by atoms with van der Waals surface area (Å²) in [6.07, 6.45) is -0.339. The van der Waals surface area contributed by atoms with Crippen molar-refractivity contribution in [3.05, 3.63) is 84.4 Å². The summed E-state index contributed by atoms with van der Waals surface area (Å²) in [7, 11) is 0. The molecule has 3 aromatic rings. The van der Waals surface area contributed by atoms with Crippen molar-refractivity contribution in [1.82, 2.24) is 0 Å². The van der Waals surface area contributed by atoms with Gasteiger partial charge in [0.15, 0.2) is 0 Å². The van der Waals surface area contributed by atoms with Crippen LogP contribution in [0.2, 0.25) is 0 Å². The number of rotatable bonds is 2. The normalized spacial score (nSPS) is 13.4. The maximum absolute atomic E-state index is 12.3. The van der Waals surface area contributed by atoms with Crippen molar-refractivity contribution < 1.29 is 9.53 Å². The Bertz CT molecular complexity index is 858. The van der Waals surface area contributed by atoms with Crippen molar-refractivity contribution in [1.29, 1.82) is 0 Å². The fourth-order valence-corrected chi connectivity index (χ4v) is 2.80. The van der Waals surface area contributed by atoms with E-state index in [-0.39, 0.29) is 6.09 Å². The van der Waals surface area contributed by atoms with Gasteiger partial charge in [0, 0.05) is 11.3 Å². The van der Waals surface area contributed by atoms with Crippen LogP contribution < -0.4 is 9.64 Å². The Morgan fingerprint density at radius 2 is 1.52 bits per heavy atom. The van der Waals surface area contributed by atoms with E-state index in [1.54, 1.807) is 4.90 Å². The molecule has 1 aliphatic rings. The van der Waals surface area contributed by atoms with Crippen molar-refractivity contribution in [2.75, 3.05) is 4.90 Å². The van der Waals surface area contributed by atoms with Gasteiger partial charge in [-0.3, -0.25) is 4.90 Å². The second kappa shape index (κ2) is 5.61. The molecule has 0 saturated heterocycles. The van der Waals surface area contributed by atoms with Gasteiger partial charge in [0.1, 0.15) is 5.75 Å². The predicted molar refractivity (Wildman–Crippen MR) is 90.5 cm³/mol. The van der Waals surface area contributed by atoms with E-state index in [1.807, 2.05) is 66.7 Å². The zero-order chi connectivity index (χ0) is 15.6. The molecule has 3 nitrogen and oxygen atoms in total. The van der Waals surface area contributed by atoms with Gasteiger partial charge in [-0.2, -0.15) is 0 Å². The number of carbonyl (C=O) groups excluding carboxylic acids is 1. The summed E-state index contributed by atoms with van der Waals surface area (Å²) < 4.78 is 5.43. The van der Waals surface area contributed by atoms with Crippen LogP contribution in [0.4, 0.5) is 10.5 Å². The first-order chi connectivity index (χ1) is 11.3. The van der Waals surface area contributed by atoms with Crippen LogP contribution in [-0.4, -0.2) is 6.09 Å². The standard InChI is InChI=1S/C20H15NO2/c22-20-21(14-17-9-4-5-12-19(17)23-20)18-11-6-10-16(13-18)15-7-2-1-3-8-15/h1-13H,14H2. The van der Waals surface area contributed by atoms with E-state index in [9.17, 15) is 4.79 Å². The van der Waals surface area contributed by atoms with E-state index in [2.05, 4.69) is 12.1 Å². The van der Waals surface area contributed by atoms with Gasteiger partial charge in [-0.1, -0.05) is 60.7 Å². The first-order valence-corrected chi connectivity index (χ1v) is 7.54. The molecular weight excluding hydrogens is 286 g/mol. The first kappa shape index (κ1) is 13.6. The average molecular weight is 301 g/mol. The fourth-order valence-electron chi connectivity index (χ4n) is 2.80. The van der Waals surface area contributed by atoms with Gasteiger partial charge < -0.3 is 4.74 Å². The Balaban J connectivity index is 1.70. The molecule has 4 rings (SSSR count). The number of hydrogen-bond acceptors (Lipinski definition) is 2. The molecule has 0 unspecified atom stereocenters. The molecule has 23 heavy (non-hydrogen) atoms. The molecule has 112 valence electrons. The summed E-state index contributed by atoms with van der Waals surface area (Å²) in [5, 5.41) is 0. The van der Waals surface area contributed by atoms with Gasteiger partial charge in [-0.25, -0.2) is 4.79 Å². The second-order valence-electron chi connectivity index (χ2n) is 5.48. The summed E-state index contributed by atoms with van der Waals surface area (Å²) in [6.45, 7) is 0.521. The Morgan fingerprint density at radius 1 is 0.783 bits per heavy atom. The lowest BCUT2D eigenvalue weighted by molar-refractivity contribution is 0.203. The second-order valence-corrected chi connectivity index (χ2v) is 5.48. The molecular formula is C20H15NO2. The third-order valence-electron chi connectivity index (χ3n) is 3.98. The molecule has 1 heterocycles. The molecule has 1 amide bonds. The largest absolute Gasteiger partial charge is 0.420 e. The topological polar surface area (TPSA) is 29.5 Å². The van der Waals surface area contributed by atoms with Crippen LogP contribution in [0.3, 0.4) is 0 Å². The van der Waals surface area contributed by atoms with Crippen molar-refractivity contribution >= 4 is 11.8 Å². The minimum Gasteiger partial charge on any atom is -0.410 e. The molecule has 0 N–H and O–H groups in total. The summed E-state index contributed by atoms with van der Waals surface area (Å²) >= 11 is 0. The maximum atomic E-state index is 12.3. The van der Waals surface area contributed by atoms with Crippen LogP contribution in [0.5, 0.6) is 5.75 Å². The monoisotopic (exact) mass is 301 g/mol. The van der Waals surface area contributed by atoms with Crippen LogP contribution in [0.1, 0.15) is 5.56 Å². The molecule has 0 bridgehead atoms. The van der Waals surface area contributed by atoms with E-state index in [1.165, 1.54) is 0 Å². The van der Waals surface area contributed by atoms with Gasteiger partial charge in [0.05, 0.1) is 6.54 Å². The Morgan fingerprint density at radius 3 is 2.39 bits per heavy atom. The highest BCUT2D eigenvalue weighted by molar-refractivity contribution is 5.91. The molecule has 0 aliphatic carbocycles. The van der Waals surface area contributed by atoms with Crippen LogP contribution in [-0.2, 0) is 6.54 Å². The number of amides is 1. The molecule has 0 radical (unpaired) electrons. The summed E-state index contributed by atoms with van der Waals surface area (Å²) in [5.41, 5.74) is 4.05. The van der Waals surface area contributed by atoms with Gasteiger partial charge in [-0.05, 0) is 29.3 Å². The summed E-state index contributed by atoms with van der Waals surface area (Å²) in [4.78, 5) is 14.0. The number of anilines is 1. The third-order valence-corrected chi connectivity index (χ3v) is 3.98. The molecule has 0 spiro atoms. The first-order valence-electron chi connectivity index (χ1n) is 7.54. The van der Waals surface area contributed by atoms with Crippen molar-refractivity contribution in [3.8, 4) is 16.9 Å². The smallest absolute Gasteiger partial charge is 0.410 e. The Kier molecular flexibility index (Phi) is 3.31. The van der Waals surface area contributed by atoms with Crippen LogP contribution in [0.15, 0.2) is 78.9 Å². The highest BCUT2D eigenvalue weighted by Crippen LogP contribution is 2.31. The summed E-state index contributed by atoms with van der Waals surface area (Å²) in [5.74, 6) is 0.646. The van der Waals surface area contributed by atoms with Gasteiger partial charge in [0.2, 0.25) is 0 Å². The van der Waals surface area contributed by atoms with E-state index >= 15 is 0 Å². The number of nitrogens with zero attached hydrogens (tertiary/aromatic N) is 1. The van der Waals surface area contributed by atoms with E-state index in [0.29, 0.717) is 12.3 Å². The molecule has 3 aromatic carbocycles. The number of ether oxygens (including phenoxy) is 1. The lowest BCUT2D eigenvalue weighted by atomic mass is 10.0. The van der Waals surface area contributed by atoms with E-state index < -0.39 is 0 Å². The van der Waals surface area contributed by atoms with Gasteiger partial charge in [-0.15, -0.1) is 0 Å². The molecule has 0 atom stereocenters. The average Bonchev–Trinajstić information content (AvgIpc) is 2.62. The van der Waals surface area contributed by atoms with Crippen LogP contribution >= 0.6 is 0 Å². The summed E-state index contributed by atoms with van der Waals surface area (Å²) in [6, 6.07) is 25.7. The minimum absolute atomic E-state index is 0.339. The van der Waals surface area contributed by atoms with Crippen molar-refractivity contribution in [3.63, 3.8) is 0 Å².